The van der Waals surface area contributed by atoms with Gasteiger partial charge in [0.05, 0.1) is 5.56 Å². The summed E-state index contributed by atoms with van der Waals surface area (Å²) < 4.78 is 42.4. The molecule has 0 fully saturated rings. The maximum atomic E-state index is 12.5. The fourth-order valence-electron chi connectivity index (χ4n) is 1.88. The Hall–Kier alpha value is -2.74. The molecule has 126 valence electrons. The number of hydrogen-bond acceptors (Lipinski definition) is 5. The third-order valence-electron chi connectivity index (χ3n) is 3.02. The topological polar surface area (TPSA) is 72.3 Å². The van der Waals surface area contributed by atoms with Crippen LogP contribution in [0.4, 0.5) is 13.2 Å². The number of aliphatic hydroxyl groups is 1. The van der Waals surface area contributed by atoms with Gasteiger partial charge >= 0.3 is 12.1 Å². The zero-order valence-electron chi connectivity index (χ0n) is 12.3. The van der Waals surface area contributed by atoms with Gasteiger partial charge in [0, 0.05) is 23.5 Å². The molecule has 2 aromatic rings. The first-order valence-electron chi connectivity index (χ1n) is 6.78. The van der Waals surface area contributed by atoms with Gasteiger partial charge < -0.3 is 9.84 Å². The highest BCUT2D eigenvalue weighted by atomic mass is 19.4. The van der Waals surface area contributed by atoms with Crippen molar-refractivity contribution in [2.24, 2.45) is 0 Å². The molecule has 1 heterocycles. The molecule has 0 aliphatic carbocycles. The predicted octanol–water partition coefficient (Wildman–Crippen LogP) is 3.08. The number of ether oxygens (including phenoxy) is 1. The number of halogens is 3. The molecular formula is C16H13F3N2O3. The number of benzene rings is 1. The number of carbonyl (C=O) groups is 1. The smallest absolute Gasteiger partial charge is 0.418 e. The molecule has 1 N–H and O–H groups in total. The second-order valence-corrected chi connectivity index (χ2v) is 4.72. The summed E-state index contributed by atoms with van der Waals surface area (Å²) in [5.41, 5.74) is -0.0129. The van der Waals surface area contributed by atoms with Crippen molar-refractivity contribution in [3.63, 3.8) is 0 Å². The summed E-state index contributed by atoms with van der Waals surface area (Å²) in [5.74, 6) is -0.590. The normalized spacial score (nSPS) is 12.5. The van der Waals surface area contributed by atoms with Gasteiger partial charge in [-0.25, -0.2) is 14.8 Å². The van der Waals surface area contributed by atoms with Crippen molar-refractivity contribution in [2.45, 2.75) is 12.3 Å². The molecule has 1 aromatic carbocycles. The number of carbonyl (C=O) groups excluding carboxylic acids is 1. The second kappa shape index (κ2) is 7.22. The first-order valence-corrected chi connectivity index (χ1v) is 6.78. The van der Waals surface area contributed by atoms with Crippen LogP contribution < -0.4 is 0 Å². The van der Waals surface area contributed by atoms with Crippen LogP contribution in [-0.4, -0.2) is 33.8 Å². The summed E-state index contributed by atoms with van der Waals surface area (Å²) in [6.45, 7) is 3.45. The zero-order chi connectivity index (χ0) is 17.7. The molecule has 0 spiro atoms. The van der Waals surface area contributed by atoms with Gasteiger partial charge in [0.2, 0.25) is 0 Å². The Bertz CT molecular complexity index is 730. The monoisotopic (exact) mass is 338 g/mol. The molecule has 5 nitrogen and oxygen atoms in total. The summed E-state index contributed by atoms with van der Waals surface area (Å²) in [6.07, 6.45) is -4.33. The highest BCUT2D eigenvalue weighted by Crippen LogP contribution is 2.32. The van der Waals surface area contributed by atoms with E-state index in [2.05, 4.69) is 16.5 Å². The van der Waals surface area contributed by atoms with Gasteiger partial charge in [-0.3, -0.25) is 0 Å². The fourth-order valence-corrected chi connectivity index (χ4v) is 1.88. The number of alkyl halides is 3. The lowest BCUT2D eigenvalue weighted by Gasteiger charge is -2.14. The van der Waals surface area contributed by atoms with Crippen LogP contribution in [-0.2, 0) is 4.74 Å². The van der Waals surface area contributed by atoms with Crippen LogP contribution >= 0.6 is 0 Å². The highest BCUT2D eigenvalue weighted by molar-refractivity contribution is 5.96. The molecule has 2 rings (SSSR count). The number of nitrogens with zero attached hydrogens (tertiary/aromatic N) is 2. The average Bonchev–Trinajstić information content (AvgIpc) is 2.58. The molecule has 1 atom stereocenters. The van der Waals surface area contributed by atoms with Crippen molar-refractivity contribution in [2.75, 3.05) is 6.61 Å². The van der Waals surface area contributed by atoms with Gasteiger partial charge in [0.15, 0.2) is 11.9 Å². The molecule has 24 heavy (non-hydrogen) atoms. The molecule has 0 aliphatic rings. The van der Waals surface area contributed by atoms with Crippen LogP contribution in [0.5, 0.6) is 0 Å². The van der Waals surface area contributed by atoms with Gasteiger partial charge in [-0.05, 0) is 6.07 Å². The molecule has 1 aromatic heterocycles. The third-order valence-corrected chi connectivity index (χ3v) is 3.02. The van der Waals surface area contributed by atoms with Gasteiger partial charge in [-0.2, -0.15) is 13.2 Å². The minimum absolute atomic E-state index is 0.0186. The predicted molar refractivity (Wildman–Crippen MR) is 79.0 cm³/mol. The maximum absolute atomic E-state index is 12.5. The van der Waals surface area contributed by atoms with Crippen molar-refractivity contribution in [1.29, 1.82) is 0 Å². The van der Waals surface area contributed by atoms with Crippen LogP contribution in [0.1, 0.15) is 22.0 Å². The van der Waals surface area contributed by atoms with Crippen molar-refractivity contribution in [3.8, 4) is 11.4 Å². The number of aromatic nitrogens is 2. The molecule has 1 unspecified atom stereocenters. The minimum Gasteiger partial charge on any atom is -0.458 e. The Kier molecular flexibility index (Phi) is 5.30. The van der Waals surface area contributed by atoms with Gasteiger partial charge in [0.25, 0.3) is 0 Å². The van der Waals surface area contributed by atoms with Crippen molar-refractivity contribution in [1.82, 2.24) is 9.97 Å². The quantitative estimate of drug-likeness (QED) is 0.670. The van der Waals surface area contributed by atoms with Gasteiger partial charge in [-0.1, -0.05) is 30.9 Å². The molecule has 0 saturated carbocycles. The number of aliphatic hydroxyl groups excluding tert-OH is 1. The van der Waals surface area contributed by atoms with Crippen molar-refractivity contribution >= 4 is 5.97 Å². The number of rotatable bonds is 5. The Balaban J connectivity index is 2.33. The molecule has 8 heteroatoms. The number of hydrogen-bond donors (Lipinski definition) is 1. The van der Waals surface area contributed by atoms with E-state index in [1.807, 2.05) is 0 Å². The third kappa shape index (κ3) is 3.96. The van der Waals surface area contributed by atoms with Gasteiger partial charge in [0.1, 0.15) is 6.61 Å². The number of esters is 1. The molecule has 0 aliphatic heterocycles. The second-order valence-electron chi connectivity index (χ2n) is 4.72. The molecule has 0 amide bonds. The molecule has 0 saturated heterocycles. The first-order chi connectivity index (χ1) is 11.3. The SMILES string of the molecule is C=CCOC(=O)c1ccccc1-c1ncc(C(O)C(F)(F)F)cn1. The van der Waals surface area contributed by atoms with E-state index in [1.54, 1.807) is 18.2 Å². The minimum atomic E-state index is -4.81. The zero-order valence-corrected chi connectivity index (χ0v) is 12.3. The molecular weight excluding hydrogens is 325 g/mol. The van der Waals surface area contributed by atoms with E-state index >= 15 is 0 Å². The largest absolute Gasteiger partial charge is 0.458 e. The van der Waals surface area contributed by atoms with Crippen LogP contribution in [0.2, 0.25) is 0 Å². The van der Waals surface area contributed by atoms with E-state index in [0.29, 0.717) is 5.56 Å². The van der Waals surface area contributed by atoms with Crippen LogP contribution in [0.25, 0.3) is 11.4 Å². The summed E-state index contributed by atoms with van der Waals surface area (Å²) in [5, 5.41) is 9.17. The summed E-state index contributed by atoms with van der Waals surface area (Å²) in [7, 11) is 0. The lowest BCUT2D eigenvalue weighted by Crippen LogP contribution is -2.20. The standard InChI is InChI=1S/C16H13F3N2O3/c1-2-7-24-15(23)12-6-4-3-5-11(12)14-20-8-10(9-21-14)13(22)16(17,18)19/h2-6,8-9,13,22H,1,7H2. The van der Waals surface area contributed by atoms with Crippen LogP contribution in [0.3, 0.4) is 0 Å². The van der Waals surface area contributed by atoms with Crippen LogP contribution in [0.15, 0.2) is 49.3 Å². The lowest BCUT2D eigenvalue weighted by atomic mass is 10.1. The fraction of sp³-hybridized carbons (Fsp3) is 0.188. The van der Waals surface area contributed by atoms with Crippen molar-refractivity contribution < 1.29 is 27.8 Å². The first kappa shape index (κ1) is 17.6. The maximum Gasteiger partial charge on any atom is 0.418 e. The van der Waals surface area contributed by atoms with E-state index in [4.69, 9.17) is 9.84 Å². The Morgan fingerprint density at radius 2 is 1.92 bits per heavy atom. The Labute approximate surface area is 135 Å². The molecule has 0 radical (unpaired) electrons. The van der Waals surface area contributed by atoms with Gasteiger partial charge in [-0.15, -0.1) is 0 Å². The lowest BCUT2D eigenvalue weighted by molar-refractivity contribution is -0.206. The average molecular weight is 338 g/mol. The van der Waals surface area contributed by atoms with Crippen molar-refractivity contribution in [3.05, 3.63) is 60.4 Å². The van der Waals surface area contributed by atoms with E-state index in [-0.39, 0.29) is 18.0 Å². The Morgan fingerprint density at radius 3 is 2.50 bits per heavy atom. The van der Waals surface area contributed by atoms with E-state index < -0.39 is 23.8 Å². The van der Waals surface area contributed by atoms with Crippen LogP contribution in [0, 0.1) is 0 Å². The van der Waals surface area contributed by atoms with E-state index in [9.17, 15) is 18.0 Å². The summed E-state index contributed by atoms with van der Waals surface area (Å²) in [4.78, 5) is 19.6. The highest BCUT2D eigenvalue weighted by Gasteiger charge is 2.39. The Morgan fingerprint density at radius 1 is 1.29 bits per heavy atom. The summed E-state index contributed by atoms with van der Waals surface area (Å²) >= 11 is 0. The van der Waals surface area contributed by atoms with E-state index in [0.717, 1.165) is 12.4 Å². The molecule has 0 bridgehead atoms. The summed E-state index contributed by atoms with van der Waals surface area (Å²) in [6, 6.07) is 6.26. The van der Waals surface area contributed by atoms with E-state index in [1.165, 1.54) is 12.1 Å².